The highest BCUT2D eigenvalue weighted by Crippen LogP contribution is 2.06. The predicted octanol–water partition coefficient (Wildman–Crippen LogP) is 1.17. The highest BCUT2D eigenvalue weighted by molar-refractivity contribution is 5.92. The van der Waals surface area contributed by atoms with Crippen molar-refractivity contribution in [3.63, 3.8) is 0 Å². The molecular formula is C15H19N5O2. The predicted molar refractivity (Wildman–Crippen MR) is 82.5 cm³/mol. The largest absolute Gasteiger partial charge is 0.383 e. The lowest BCUT2D eigenvalue weighted by molar-refractivity contribution is 0.0932. The Hall–Kier alpha value is -2.54. The Labute approximate surface area is 129 Å². The number of carbonyl (C=O) groups is 1. The summed E-state index contributed by atoms with van der Waals surface area (Å²) in [5, 5.41) is 5.81. The molecule has 0 aliphatic carbocycles. The van der Waals surface area contributed by atoms with Crippen molar-refractivity contribution in [2.24, 2.45) is 0 Å². The Morgan fingerprint density at radius 3 is 2.91 bits per heavy atom. The van der Waals surface area contributed by atoms with Gasteiger partial charge in [-0.25, -0.2) is 9.97 Å². The van der Waals surface area contributed by atoms with Gasteiger partial charge in [0.05, 0.1) is 18.8 Å². The third-order valence-electron chi connectivity index (χ3n) is 2.83. The summed E-state index contributed by atoms with van der Waals surface area (Å²) in [5.74, 6) is 0.158. The molecule has 22 heavy (non-hydrogen) atoms. The van der Waals surface area contributed by atoms with Gasteiger partial charge in [0, 0.05) is 25.5 Å². The maximum Gasteiger partial charge on any atom is 0.270 e. The minimum Gasteiger partial charge on any atom is -0.383 e. The maximum absolute atomic E-state index is 12.0. The lowest BCUT2D eigenvalue weighted by Gasteiger charge is -2.08. The Kier molecular flexibility index (Phi) is 5.79. The number of hydrogen-bond donors (Lipinski definition) is 2. The minimum absolute atomic E-state index is 0.247. The van der Waals surface area contributed by atoms with E-state index >= 15 is 0 Å². The van der Waals surface area contributed by atoms with Crippen LogP contribution in [-0.2, 0) is 11.3 Å². The lowest BCUT2D eigenvalue weighted by Crippen LogP contribution is -2.28. The fourth-order valence-electron chi connectivity index (χ4n) is 1.79. The van der Waals surface area contributed by atoms with Gasteiger partial charge < -0.3 is 15.4 Å². The number of pyridine rings is 1. The molecule has 0 radical (unpaired) electrons. The molecule has 0 unspecified atom stereocenters. The first-order valence-electron chi connectivity index (χ1n) is 6.95. The number of methoxy groups -OCH3 is 1. The number of anilines is 1. The van der Waals surface area contributed by atoms with E-state index in [0.29, 0.717) is 31.3 Å². The van der Waals surface area contributed by atoms with E-state index in [-0.39, 0.29) is 5.91 Å². The number of aryl methyl sites for hydroxylation is 1. The molecule has 2 N–H and O–H groups in total. The molecule has 0 aromatic carbocycles. The Morgan fingerprint density at radius 1 is 1.32 bits per heavy atom. The zero-order valence-corrected chi connectivity index (χ0v) is 12.7. The van der Waals surface area contributed by atoms with Crippen LogP contribution in [0, 0.1) is 6.92 Å². The second-order valence-corrected chi connectivity index (χ2v) is 4.64. The molecule has 2 heterocycles. The summed E-state index contributed by atoms with van der Waals surface area (Å²) in [5.41, 5.74) is 1.92. The summed E-state index contributed by atoms with van der Waals surface area (Å²) in [4.78, 5) is 24.7. The molecule has 0 fully saturated rings. The summed E-state index contributed by atoms with van der Waals surface area (Å²) in [6, 6.07) is 7.32. The molecule has 116 valence electrons. The van der Waals surface area contributed by atoms with Crippen molar-refractivity contribution in [1.29, 1.82) is 0 Å². The van der Waals surface area contributed by atoms with E-state index in [1.165, 1.54) is 0 Å². The van der Waals surface area contributed by atoms with Gasteiger partial charge in [-0.1, -0.05) is 6.07 Å². The van der Waals surface area contributed by atoms with E-state index in [1.54, 1.807) is 19.4 Å². The second-order valence-electron chi connectivity index (χ2n) is 4.64. The number of hydrogen-bond acceptors (Lipinski definition) is 6. The van der Waals surface area contributed by atoms with Crippen LogP contribution in [0.5, 0.6) is 0 Å². The van der Waals surface area contributed by atoms with E-state index in [4.69, 9.17) is 4.74 Å². The molecule has 0 saturated heterocycles. The molecule has 0 atom stereocenters. The van der Waals surface area contributed by atoms with Crippen molar-refractivity contribution in [2.45, 2.75) is 13.5 Å². The van der Waals surface area contributed by atoms with E-state index < -0.39 is 0 Å². The van der Waals surface area contributed by atoms with Crippen LogP contribution in [0.15, 0.2) is 30.5 Å². The summed E-state index contributed by atoms with van der Waals surface area (Å²) >= 11 is 0. The summed E-state index contributed by atoms with van der Waals surface area (Å²) in [6.07, 6.45) is 1.72. The molecule has 0 spiro atoms. The van der Waals surface area contributed by atoms with Gasteiger partial charge >= 0.3 is 0 Å². The molecule has 2 aromatic rings. The van der Waals surface area contributed by atoms with Crippen LogP contribution in [0.25, 0.3) is 0 Å². The Balaban J connectivity index is 2.01. The molecule has 7 heteroatoms. The zero-order valence-electron chi connectivity index (χ0n) is 12.7. The van der Waals surface area contributed by atoms with Crippen LogP contribution in [-0.4, -0.2) is 41.1 Å². The molecule has 0 saturated carbocycles. The average molecular weight is 301 g/mol. The number of carbonyl (C=O) groups excluding carboxylic acids is 1. The summed E-state index contributed by atoms with van der Waals surface area (Å²) < 4.78 is 4.90. The SMILES string of the molecule is COCCNC(=O)c1cc(C)nc(NCc2ccccn2)n1. The van der Waals surface area contributed by atoms with Crippen LogP contribution in [0.2, 0.25) is 0 Å². The van der Waals surface area contributed by atoms with E-state index in [9.17, 15) is 4.79 Å². The number of ether oxygens (including phenoxy) is 1. The molecule has 7 nitrogen and oxygen atoms in total. The smallest absolute Gasteiger partial charge is 0.270 e. The van der Waals surface area contributed by atoms with Crippen LogP contribution in [0.3, 0.4) is 0 Å². The van der Waals surface area contributed by atoms with Gasteiger partial charge in [-0.15, -0.1) is 0 Å². The highest BCUT2D eigenvalue weighted by atomic mass is 16.5. The topological polar surface area (TPSA) is 89.0 Å². The van der Waals surface area contributed by atoms with E-state index in [2.05, 4.69) is 25.6 Å². The number of nitrogens with zero attached hydrogens (tertiary/aromatic N) is 3. The minimum atomic E-state index is -0.247. The molecule has 2 aromatic heterocycles. The third kappa shape index (κ3) is 4.78. The van der Waals surface area contributed by atoms with Gasteiger partial charge in [-0.2, -0.15) is 0 Å². The van der Waals surface area contributed by atoms with Crippen molar-refractivity contribution in [3.05, 3.63) is 47.5 Å². The van der Waals surface area contributed by atoms with Crippen LogP contribution >= 0.6 is 0 Å². The zero-order chi connectivity index (χ0) is 15.8. The number of aromatic nitrogens is 3. The summed E-state index contributed by atoms with van der Waals surface area (Å²) in [6.45, 7) is 3.21. The van der Waals surface area contributed by atoms with Gasteiger partial charge in [0.25, 0.3) is 5.91 Å². The van der Waals surface area contributed by atoms with E-state index in [1.807, 2.05) is 25.1 Å². The summed E-state index contributed by atoms with van der Waals surface area (Å²) in [7, 11) is 1.58. The number of nitrogens with one attached hydrogen (secondary N) is 2. The Bertz CT molecular complexity index is 619. The lowest BCUT2D eigenvalue weighted by atomic mass is 10.3. The van der Waals surface area contributed by atoms with Gasteiger partial charge in [0.1, 0.15) is 5.69 Å². The maximum atomic E-state index is 12.0. The first-order valence-corrected chi connectivity index (χ1v) is 6.95. The molecule has 0 aliphatic rings. The Morgan fingerprint density at radius 2 is 2.18 bits per heavy atom. The third-order valence-corrected chi connectivity index (χ3v) is 2.83. The molecule has 1 amide bonds. The molecular weight excluding hydrogens is 282 g/mol. The van der Waals surface area contributed by atoms with E-state index in [0.717, 1.165) is 11.4 Å². The second kappa shape index (κ2) is 8.04. The van der Waals surface area contributed by atoms with Crippen molar-refractivity contribution >= 4 is 11.9 Å². The quantitative estimate of drug-likeness (QED) is 0.746. The van der Waals surface area contributed by atoms with Crippen LogP contribution in [0.4, 0.5) is 5.95 Å². The van der Waals surface area contributed by atoms with Crippen molar-refractivity contribution in [2.75, 3.05) is 25.6 Å². The average Bonchev–Trinajstić information content (AvgIpc) is 2.53. The van der Waals surface area contributed by atoms with Crippen molar-refractivity contribution in [1.82, 2.24) is 20.3 Å². The van der Waals surface area contributed by atoms with Gasteiger partial charge in [0.2, 0.25) is 5.95 Å². The standard InChI is InChI=1S/C15H19N5O2/c1-11-9-13(14(21)17-7-8-22-2)20-15(19-11)18-10-12-5-3-4-6-16-12/h3-6,9H,7-8,10H2,1-2H3,(H,17,21)(H,18,19,20). The van der Waals surface area contributed by atoms with Gasteiger partial charge in [0.15, 0.2) is 0 Å². The molecule has 0 aliphatic heterocycles. The number of rotatable bonds is 7. The first-order chi connectivity index (χ1) is 10.7. The first kappa shape index (κ1) is 15.8. The van der Waals surface area contributed by atoms with Gasteiger partial charge in [-0.3, -0.25) is 9.78 Å². The fraction of sp³-hybridized carbons (Fsp3) is 0.333. The monoisotopic (exact) mass is 301 g/mol. The van der Waals surface area contributed by atoms with Crippen LogP contribution in [0.1, 0.15) is 21.9 Å². The van der Waals surface area contributed by atoms with Crippen molar-refractivity contribution < 1.29 is 9.53 Å². The normalized spacial score (nSPS) is 10.3. The van der Waals surface area contributed by atoms with Gasteiger partial charge in [-0.05, 0) is 25.1 Å². The van der Waals surface area contributed by atoms with Crippen molar-refractivity contribution in [3.8, 4) is 0 Å². The molecule has 0 bridgehead atoms. The highest BCUT2D eigenvalue weighted by Gasteiger charge is 2.10. The fourth-order valence-corrected chi connectivity index (χ4v) is 1.79. The number of amides is 1. The van der Waals surface area contributed by atoms with Crippen LogP contribution < -0.4 is 10.6 Å². The molecule has 2 rings (SSSR count).